The first-order valence-electron chi connectivity index (χ1n) is 7.60. The summed E-state index contributed by atoms with van der Waals surface area (Å²) in [5.41, 5.74) is 3.54. The van der Waals surface area contributed by atoms with Crippen molar-refractivity contribution in [1.29, 1.82) is 0 Å². The predicted octanol–water partition coefficient (Wildman–Crippen LogP) is 3.00. The van der Waals surface area contributed by atoms with E-state index < -0.39 is 0 Å². The Balaban J connectivity index is 1.63. The van der Waals surface area contributed by atoms with E-state index in [2.05, 4.69) is 33.4 Å². The molecule has 2 heterocycles. The van der Waals surface area contributed by atoms with Crippen molar-refractivity contribution in [2.75, 3.05) is 18.0 Å². The summed E-state index contributed by atoms with van der Waals surface area (Å²) in [5.74, 6) is 0.0645. The number of thiazole rings is 1. The summed E-state index contributed by atoms with van der Waals surface area (Å²) in [5, 5.41) is 4.14. The van der Waals surface area contributed by atoms with Crippen LogP contribution >= 0.6 is 11.3 Å². The Morgan fingerprint density at radius 3 is 2.91 bits per heavy atom. The van der Waals surface area contributed by atoms with Gasteiger partial charge in [-0.1, -0.05) is 18.2 Å². The highest BCUT2D eigenvalue weighted by Gasteiger charge is 2.22. The molecular weight excluding hydrogens is 294 g/mol. The van der Waals surface area contributed by atoms with Crippen LogP contribution < -0.4 is 10.2 Å². The van der Waals surface area contributed by atoms with Crippen molar-refractivity contribution >= 4 is 22.9 Å². The zero-order chi connectivity index (χ0) is 15.7. The van der Waals surface area contributed by atoms with Gasteiger partial charge in [-0.05, 0) is 38.8 Å². The fourth-order valence-corrected chi connectivity index (χ4v) is 3.98. The lowest BCUT2D eigenvalue weighted by Gasteiger charge is -2.20. The molecule has 0 aliphatic carbocycles. The van der Waals surface area contributed by atoms with E-state index in [-0.39, 0.29) is 11.9 Å². The third kappa shape index (κ3) is 2.99. The Kier molecular flexibility index (Phi) is 4.16. The van der Waals surface area contributed by atoms with Crippen molar-refractivity contribution in [3.63, 3.8) is 0 Å². The lowest BCUT2D eigenvalue weighted by Crippen LogP contribution is -2.37. The molecule has 1 amide bonds. The van der Waals surface area contributed by atoms with Crippen LogP contribution in [-0.4, -0.2) is 24.0 Å². The fraction of sp³-hybridized carbons (Fsp3) is 0.412. The molecule has 1 unspecified atom stereocenters. The van der Waals surface area contributed by atoms with Crippen LogP contribution in [0.15, 0.2) is 24.3 Å². The quantitative estimate of drug-likeness (QED) is 0.943. The number of hydrogen-bond donors (Lipinski definition) is 1. The topological polar surface area (TPSA) is 45.2 Å². The molecule has 1 N–H and O–H groups in total. The molecule has 0 bridgehead atoms. The minimum absolute atomic E-state index is 0.0107. The van der Waals surface area contributed by atoms with Gasteiger partial charge in [-0.2, -0.15) is 0 Å². The standard InChI is InChI=1S/C17H21N3OS/c1-11-17(22-13(3)18-11)12(2)19-16(21)10-20-9-8-14-6-4-5-7-15(14)20/h4-7,12H,8-10H2,1-3H3,(H,19,21). The number of anilines is 1. The highest BCUT2D eigenvalue weighted by molar-refractivity contribution is 7.11. The highest BCUT2D eigenvalue weighted by Crippen LogP contribution is 2.27. The van der Waals surface area contributed by atoms with Gasteiger partial charge in [0.25, 0.3) is 0 Å². The van der Waals surface area contributed by atoms with E-state index >= 15 is 0 Å². The zero-order valence-corrected chi connectivity index (χ0v) is 14.0. The second-order valence-electron chi connectivity index (χ2n) is 5.77. The maximum atomic E-state index is 12.3. The number of nitrogens with one attached hydrogen (secondary N) is 1. The average molecular weight is 315 g/mol. The largest absolute Gasteiger partial charge is 0.362 e. The monoisotopic (exact) mass is 315 g/mol. The molecule has 5 heteroatoms. The van der Waals surface area contributed by atoms with Crippen molar-refractivity contribution in [3.05, 3.63) is 45.4 Å². The Morgan fingerprint density at radius 2 is 2.18 bits per heavy atom. The van der Waals surface area contributed by atoms with Gasteiger partial charge >= 0.3 is 0 Å². The van der Waals surface area contributed by atoms with E-state index in [4.69, 9.17) is 0 Å². The number of rotatable bonds is 4. The number of amides is 1. The molecule has 0 spiro atoms. The van der Waals surface area contributed by atoms with E-state index in [9.17, 15) is 4.79 Å². The lowest BCUT2D eigenvalue weighted by atomic mass is 10.2. The molecule has 116 valence electrons. The van der Waals surface area contributed by atoms with Crippen LogP contribution in [0.25, 0.3) is 0 Å². The van der Waals surface area contributed by atoms with Gasteiger partial charge in [0.2, 0.25) is 5.91 Å². The van der Waals surface area contributed by atoms with E-state index in [0.29, 0.717) is 6.54 Å². The third-order valence-electron chi connectivity index (χ3n) is 4.03. The fourth-order valence-electron chi connectivity index (χ4n) is 3.05. The molecule has 4 nitrogen and oxygen atoms in total. The Morgan fingerprint density at radius 1 is 1.41 bits per heavy atom. The van der Waals surface area contributed by atoms with Crippen molar-refractivity contribution < 1.29 is 4.79 Å². The SMILES string of the molecule is Cc1nc(C)c(C(C)NC(=O)CN2CCc3ccccc32)s1. The second-order valence-corrected chi connectivity index (χ2v) is 7.01. The first-order chi connectivity index (χ1) is 10.5. The normalized spacial score (nSPS) is 14.8. The minimum atomic E-state index is 0.0107. The summed E-state index contributed by atoms with van der Waals surface area (Å²) in [6.45, 7) is 7.35. The first kappa shape index (κ1) is 15.0. The number of carbonyl (C=O) groups is 1. The molecule has 1 aliphatic heterocycles. The predicted molar refractivity (Wildman–Crippen MR) is 90.5 cm³/mol. The molecule has 2 aromatic rings. The summed E-state index contributed by atoms with van der Waals surface area (Å²) in [7, 11) is 0. The van der Waals surface area contributed by atoms with Crippen LogP contribution in [0.4, 0.5) is 5.69 Å². The maximum absolute atomic E-state index is 12.3. The van der Waals surface area contributed by atoms with Gasteiger partial charge in [-0.15, -0.1) is 11.3 Å². The molecule has 1 atom stereocenters. The molecule has 1 aromatic heterocycles. The number of aryl methyl sites for hydroxylation is 2. The van der Waals surface area contributed by atoms with Gasteiger partial charge in [0.1, 0.15) is 0 Å². The number of fused-ring (bicyclic) bond motifs is 1. The van der Waals surface area contributed by atoms with Gasteiger partial charge in [-0.25, -0.2) is 4.98 Å². The number of para-hydroxylation sites is 1. The van der Waals surface area contributed by atoms with Gasteiger partial charge in [0, 0.05) is 17.1 Å². The zero-order valence-electron chi connectivity index (χ0n) is 13.2. The molecule has 0 saturated carbocycles. The van der Waals surface area contributed by atoms with Gasteiger partial charge < -0.3 is 10.2 Å². The summed E-state index contributed by atoms with van der Waals surface area (Å²) in [4.78, 5) is 20.1. The Hall–Kier alpha value is -1.88. The number of nitrogens with zero attached hydrogens (tertiary/aromatic N) is 2. The van der Waals surface area contributed by atoms with Crippen LogP contribution in [0.2, 0.25) is 0 Å². The second kappa shape index (κ2) is 6.08. The van der Waals surface area contributed by atoms with Crippen molar-refractivity contribution in [3.8, 4) is 0 Å². The van der Waals surface area contributed by atoms with Gasteiger partial charge in [0.15, 0.2) is 0 Å². The summed E-state index contributed by atoms with van der Waals surface area (Å²) in [6, 6.07) is 8.33. The summed E-state index contributed by atoms with van der Waals surface area (Å²) < 4.78 is 0. The van der Waals surface area contributed by atoms with Gasteiger partial charge in [-0.3, -0.25) is 4.79 Å². The molecule has 3 rings (SSSR count). The molecule has 22 heavy (non-hydrogen) atoms. The summed E-state index contributed by atoms with van der Waals surface area (Å²) in [6.07, 6.45) is 1.02. The molecule has 0 fully saturated rings. The number of hydrogen-bond acceptors (Lipinski definition) is 4. The van der Waals surface area contributed by atoms with E-state index in [1.54, 1.807) is 11.3 Å². The number of benzene rings is 1. The van der Waals surface area contributed by atoms with Crippen LogP contribution in [0.3, 0.4) is 0 Å². The van der Waals surface area contributed by atoms with E-state index in [0.717, 1.165) is 28.5 Å². The molecule has 0 saturated heterocycles. The minimum Gasteiger partial charge on any atom is -0.362 e. The van der Waals surface area contributed by atoms with Gasteiger partial charge in [0.05, 0.1) is 23.3 Å². The smallest absolute Gasteiger partial charge is 0.240 e. The molecule has 1 aromatic carbocycles. The average Bonchev–Trinajstić information content (AvgIpc) is 3.02. The first-order valence-corrected chi connectivity index (χ1v) is 8.42. The Labute approximate surface area is 135 Å². The van der Waals surface area contributed by atoms with Crippen LogP contribution in [0.5, 0.6) is 0 Å². The van der Waals surface area contributed by atoms with Crippen molar-refractivity contribution in [2.45, 2.75) is 33.2 Å². The van der Waals surface area contributed by atoms with E-state index in [1.807, 2.05) is 26.8 Å². The van der Waals surface area contributed by atoms with Crippen molar-refractivity contribution in [2.24, 2.45) is 0 Å². The third-order valence-corrected chi connectivity index (χ3v) is 5.28. The van der Waals surface area contributed by atoms with Crippen LogP contribution in [0, 0.1) is 13.8 Å². The number of aromatic nitrogens is 1. The van der Waals surface area contributed by atoms with Crippen molar-refractivity contribution in [1.82, 2.24) is 10.3 Å². The molecule has 1 aliphatic rings. The maximum Gasteiger partial charge on any atom is 0.240 e. The lowest BCUT2D eigenvalue weighted by molar-refractivity contribution is -0.120. The van der Waals surface area contributed by atoms with Crippen LogP contribution in [0.1, 0.15) is 34.1 Å². The Bertz CT molecular complexity index is 695. The van der Waals surface area contributed by atoms with Crippen LogP contribution in [-0.2, 0) is 11.2 Å². The summed E-state index contributed by atoms with van der Waals surface area (Å²) >= 11 is 1.66. The highest BCUT2D eigenvalue weighted by atomic mass is 32.1. The number of carbonyl (C=O) groups excluding carboxylic acids is 1. The molecule has 0 radical (unpaired) electrons. The van der Waals surface area contributed by atoms with E-state index in [1.165, 1.54) is 11.3 Å². The molecular formula is C17H21N3OS.